The molecule has 0 amide bonds. The Kier molecular flexibility index (Phi) is 10.0. The van der Waals surface area contributed by atoms with E-state index in [-0.39, 0.29) is 0 Å². The average Bonchev–Trinajstić information content (AvgIpc) is 2.89. The van der Waals surface area contributed by atoms with Gasteiger partial charge in [0.2, 0.25) is 0 Å². The molecule has 18 heavy (non-hydrogen) atoms. The molecule has 0 fully saturated rings. The molecule has 0 saturated carbocycles. The smallest absolute Gasteiger partial charge is 0.0931 e. The summed E-state index contributed by atoms with van der Waals surface area (Å²) in [7, 11) is 0. The molecule has 0 aliphatic heterocycles. The van der Waals surface area contributed by atoms with E-state index in [0.29, 0.717) is 0 Å². The van der Waals surface area contributed by atoms with Crippen LogP contribution in [0.1, 0.15) is 58.9 Å². The molecule has 0 saturated heterocycles. The highest BCUT2D eigenvalue weighted by molar-refractivity contribution is 5.77. The fraction of sp³-hybridized carbons (Fsp3) is 0.562. The molecule has 0 aliphatic rings. The number of fused-ring (bicyclic) bond motifs is 1. The van der Waals surface area contributed by atoms with Crippen molar-refractivity contribution in [2.24, 2.45) is 0 Å². The minimum atomic E-state index is 1.07. The summed E-state index contributed by atoms with van der Waals surface area (Å²) in [5.41, 5.74) is 3.40. The molecule has 102 valence electrons. The molecule has 0 bridgehead atoms. The summed E-state index contributed by atoms with van der Waals surface area (Å²) in [6, 6.07) is 6.11. The fourth-order valence-corrected chi connectivity index (χ4v) is 1.11. The number of aromatic nitrogens is 2. The van der Waals surface area contributed by atoms with Gasteiger partial charge in [-0.25, -0.2) is 4.98 Å². The summed E-state index contributed by atoms with van der Waals surface area (Å²) in [6.07, 6.45) is 7.00. The Morgan fingerprint density at radius 1 is 0.944 bits per heavy atom. The maximum Gasteiger partial charge on any atom is 0.0931 e. The van der Waals surface area contributed by atoms with E-state index in [0.717, 1.165) is 11.0 Å². The SMILES string of the molecule is CCCC.CCCC.Cc1cccc2[nH]cnc12. The summed E-state index contributed by atoms with van der Waals surface area (Å²) < 4.78 is 0. The van der Waals surface area contributed by atoms with E-state index in [9.17, 15) is 0 Å². The first kappa shape index (κ1) is 16.7. The molecule has 2 heteroatoms. The second kappa shape index (κ2) is 10.8. The van der Waals surface area contributed by atoms with Gasteiger partial charge in [0, 0.05) is 0 Å². The van der Waals surface area contributed by atoms with Crippen molar-refractivity contribution in [1.29, 1.82) is 0 Å². The molecule has 0 atom stereocenters. The van der Waals surface area contributed by atoms with Crippen molar-refractivity contribution >= 4 is 11.0 Å². The first-order chi connectivity index (χ1) is 8.71. The minimum Gasteiger partial charge on any atom is -0.345 e. The highest BCUT2D eigenvalue weighted by Gasteiger charge is 1.95. The zero-order chi connectivity index (χ0) is 13.8. The lowest BCUT2D eigenvalue weighted by atomic mass is 10.2. The molecular formula is C16H28N2. The Bertz CT molecular complexity index is 396. The summed E-state index contributed by atoms with van der Waals surface area (Å²) in [4.78, 5) is 7.21. The zero-order valence-corrected chi connectivity index (χ0v) is 12.6. The van der Waals surface area contributed by atoms with E-state index in [4.69, 9.17) is 0 Å². The van der Waals surface area contributed by atoms with E-state index in [1.165, 1.54) is 31.2 Å². The number of H-pyrrole nitrogens is 1. The van der Waals surface area contributed by atoms with Crippen LogP contribution in [-0.2, 0) is 0 Å². The maximum atomic E-state index is 4.16. The summed E-state index contributed by atoms with van der Waals surface area (Å²) >= 11 is 0. The number of nitrogens with zero attached hydrogens (tertiary/aromatic N) is 1. The van der Waals surface area contributed by atoms with Gasteiger partial charge in [0.25, 0.3) is 0 Å². The van der Waals surface area contributed by atoms with Crippen molar-refractivity contribution in [2.45, 2.75) is 60.3 Å². The van der Waals surface area contributed by atoms with E-state index >= 15 is 0 Å². The molecule has 1 heterocycles. The monoisotopic (exact) mass is 248 g/mol. The Morgan fingerprint density at radius 3 is 1.94 bits per heavy atom. The van der Waals surface area contributed by atoms with Crippen LogP contribution in [0.3, 0.4) is 0 Å². The number of hydrogen-bond donors (Lipinski definition) is 1. The average molecular weight is 248 g/mol. The van der Waals surface area contributed by atoms with E-state index in [1.54, 1.807) is 6.33 Å². The predicted molar refractivity (Wildman–Crippen MR) is 82.0 cm³/mol. The van der Waals surface area contributed by atoms with Crippen LogP contribution >= 0.6 is 0 Å². The van der Waals surface area contributed by atoms with Gasteiger partial charge in [-0.1, -0.05) is 65.5 Å². The molecule has 0 aliphatic carbocycles. The van der Waals surface area contributed by atoms with Crippen LogP contribution in [-0.4, -0.2) is 9.97 Å². The van der Waals surface area contributed by atoms with Crippen molar-refractivity contribution in [3.63, 3.8) is 0 Å². The molecule has 2 rings (SSSR count). The highest BCUT2D eigenvalue weighted by atomic mass is 14.9. The van der Waals surface area contributed by atoms with Gasteiger partial charge in [0.1, 0.15) is 0 Å². The van der Waals surface area contributed by atoms with Crippen LogP contribution in [0.2, 0.25) is 0 Å². The van der Waals surface area contributed by atoms with Crippen molar-refractivity contribution in [3.8, 4) is 0 Å². The van der Waals surface area contributed by atoms with E-state index < -0.39 is 0 Å². The normalized spacial score (nSPS) is 9.17. The van der Waals surface area contributed by atoms with Gasteiger partial charge in [-0.05, 0) is 18.6 Å². The quantitative estimate of drug-likeness (QED) is 0.748. The number of rotatable bonds is 2. The molecule has 0 unspecified atom stereocenters. The third kappa shape index (κ3) is 6.43. The number of nitrogens with one attached hydrogen (secondary N) is 1. The number of aryl methyl sites for hydroxylation is 1. The first-order valence-electron chi connectivity index (χ1n) is 7.09. The van der Waals surface area contributed by atoms with Gasteiger partial charge < -0.3 is 4.98 Å². The van der Waals surface area contributed by atoms with Crippen LogP contribution in [0.5, 0.6) is 0 Å². The molecule has 2 aromatic rings. The van der Waals surface area contributed by atoms with Gasteiger partial charge in [-0.15, -0.1) is 0 Å². The van der Waals surface area contributed by atoms with Gasteiger partial charge in [-0.2, -0.15) is 0 Å². The summed E-state index contributed by atoms with van der Waals surface area (Å²) in [6.45, 7) is 10.8. The Hall–Kier alpha value is -1.31. The Labute approximate surface area is 112 Å². The zero-order valence-electron chi connectivity index (χ0n) is 12.6. The first-order valence-corrected chi connectivity index (χ1v) is 7.09. The third-order valence-corrected chi connectivity index (χ3v) is 2.65. The van der Waals surface area contributed by atoms with Crippen molar-refractivity contribution < 1.29 is 0 Å². The molecule has 1 aromatic heterocycles. The fourth-order valence-electron chi connectivity index (χ4n) is 1.11. The molecule has 0 radical (unpaired) electrons. The number of benzene rings is 1. The largest absolute Gasteiger partial charge is 0.345 e. The molecule has 2 nitrogen and oxygen atoms in total. The van der Waals surface area contributed by atoms with E-state index in [2.05, 4.69) is 50.7 Å². The number of aromatic amines is 1. The van der Waals surface area contributed by atoms with Gasteiger partial charge >= 0.3 is 0 Å². The van der Waals surface area contributed by atoms with Crippen LogP contribution in [0, 0.1) is 6.92 Å². The molecule has 1 N–H and O–H groups in total. The third-order valence-electron chi connectivity index (χ3n) is 2.65. The van der Waals surface area contributed by atoms with Gasteiger partial charge in [0.05, 0.1) is 17.4 Å². The lowest BCUT2D eigenvalue weighted by molar-refractivity contribution is 0.886. The number of imidazole rings is 1. The lowest BCUT2D eigenvalue weighted by Crippen LogP contribution is -1.73. The van der Waals surface area contributed by atoms with E-state index in [1.807, 2.05) is 12.1 Å². The van der Waals surface area contributed by atoms with Crippen molar-refractivity contribution in [3.05, 3.63) is 30.1 Å². The number of para-hydroxylation sites is 1. The van der Waals surface area contributed by atoms with Gasteiger partial charge in [-0.3, -0.25) is 0 Å². The number of hydrogen-bond acceptors (Lipinski definition) is 1. The van der Waals surface area contributed by atoms with Crippen LogP contribution < -0.4 is 0 Å². The van der Waals surface area contributed by atoms with Gasteiger partial charge in [0.15, 0.2) is 0 Å². The topological polar surface area (TPSA) is 28.7 Å². The Balaban J connectivity index is 0.000000307. The Morgan fingerprint density at radius 2 is 1.50 bits per heavy atom. The maximum absolute atomic E-state index is 4.16. The van der Waals surface area contributed by atoms with Crippen LogP contribution in [0.15, 0.2) is 24.5 Å². The standard InChI is InChI=1S/C8H8N2.2C4H10/c1-6-3-2-4-7-8(6)10-5-9-7;2*1-3-4-2/h2-5H,1H3,(H,9,10);2*3-4H2,1-2H3. The van der Waals surface area contributed by atoms with Crippen molar-refractivity contribution in [2.75, 3.05) is 0 Å². The predicted octanol–water partition coefficient (Wildman–Crippen LogP) is 5.48. The molecule has 1 aromatic carbocycles. The second-order valence-electron chi connectivity index (χ2n) is 4.37. The van der Waals surface area contributed by atoms with Crippen LogP contribution in [0.25, 0.3) is 11.0 Å². The van der Waals surface area contributed by atoms with Crippen LogP contribution in [0.4, 0.5) is 0 Å². The summed E-state index contributed by atoms with van der Waals surface area (Å²) in [5.74, 6) is 0. The summed E-state index contributed by atoms with van der Waals surface area (Å²) in [5, 5.41) is 0. The lowest BCUT2D eigenvalue weighted by Gasteiger charge is -1.90. The molecular weight excluding hydrogens is 220 g/mol. The second-order valence-corrected chi connectivity index (χ2v) is 4.37. The number of unbranched alkanes of at least 4 members (excludes halogenated alkanes) is 2. The molecule has 0 spiro atoms. The highest BCUT2D eigenvalue weighted by Crippen LogP contribution is 2.12. The van der Waals surface area contributed by atoms with Crippen molar-refractivity contribution in [1.82, 2.24) is 9.97 Å². The minimum absolute atomic E-state index is 1.07.